The highest BCUT2D eigenvalue weighted by atomic mass is 32.2. The van der Waals surface area contributed by atoms with Gasteiger partial charge in [0.15, 0.2) is 11.0 Å². The lowest BCUT2D eigenvalue weighted by atomic mass is 10.1. The molecule has 3 aromatic rings. The molecule has 0 radical (unpaired) electrons. The van der Waals surface area contributed by atoms with E-state index in [1.54, 1.807) is 23.6 Å². The highest BCUT2D eigenvalue weighted by Crippen LogP contribution is 2.22. The molecule has 9 heteroatoms. The molecule has 0 aliphatic rings. The van der Waals surface area contributed by atoms with Crippen molar-refractivity contribution in [3.8, 4) is 0 Å². The number of hydrogen-bond donors (Lipinski definition) is 2. The molecule has 0 fully saturated rings. The van der Waals surface area contributed by atoms with Crippen LogP contribution in [0.3, 0.4) is 0 Å². The Morgan fingerprint density at radius 1 is 1.21 bits per heavy atom. The molecule has 0 spiro atoms. The second-order valence-electron chi connectivity index (χ2n) is 7.57. The maximum atomic E-state index is 13.9. The Bertz CT molecular complexity index is 1180. The molecule has 2 N–H and O–H groups in total. The van der Waals surface area contributed by atoms with Crippen LogP contribution in [0.25, 0.3) is 0 Å². The first-order valence-electron chi connectivity index (χ1n) is 10.4. The van der Waals surface area contributed by atoms with Gasteiger partial charge in [-0.05, 0) is 50.1 Å². The largest absolute Gasteiger partial charge is 0.342 e. The van der Waals surface area contributed by atoms with Crippen molar-refractivity contribution in [2.24, 2.45) is 0 Å². The van der Waals surface area contributed by atoms with Crippen molar-refractivity contribution in [3.05, 3.63) is 83.5 Å². The fourth-order valence-corrected chi connectivity index (χ4v) is 3.95. The van der Waals surface area contributed by atoms with Gasteiger partial charge < -0.3 is 15.2 Å². The molecule has 3 rings (SSSR count). The average molecular weight is 468 g/mol. The number of benzene rings is 2. The van der Waals surface area contributed by atoms with Crippen molar-refractivity contribution in [1.29, 1.82) is 0 Å². The van der Waals surface area contributed by atoms with Gasteiger partial charge in [-0.2, -0.15) is 0 Å². The van der Waals surface area contributed by atoms with Gasteiger partial charge in [-0.1, -0.05) is 42.1 Å². The third-order valence-corrected chi connectivity index (χ3v) is 5.88. The van der Waals surface area contributed by atoms with E-state index in [-0.39, 0.29) is 17.2 Å². The summed E-state index contributed by atoms with van der Waals surface area (Å²) in [5.74, 6) is -0.684. The van der Waals surface area contributed by atoms with E-state index in [0.29, 0.717) is 17.5 Å². The number of carbonyl (C=O) groups excluding carboxylic acids is 2. The van der Waals surface area contributed by atoms with Crippen LogP contribution in [0.2, 0.25) is 0 Å². The summed E-state index contributed by atoms with van der Waals surface area (Å²) < 4.78 is 15.7. The molecule has 172 valence electrons. The van der Waals surface area contributed by atoms with E-state index in [2.05, 4.69) is 27.4 Å². The highest BCUT2D eigenvalue weighted by Gasteiger charge is 2.21. The van der Waals surface area contributed by atoms with Gasteiger partial charge in [0.2, 0.25) is 5.91 Å². The second kappa shape index (κ2) is 10.9. The Morgan fingerprint density at radius 2 is 1.97 bits per heavy atom. The lowest BCUT2D eigenvalue weighted by Crippen LogP contribution is -2.29. The van der Waals surface area contributed by atoms with E-state index in [0.717, 1.165) is 16.8 Å². The smallest absolute Gasteiger partial charge is 0.254 e. The van der Waals surface area contributed by atoms with Gasteiger partial charge in [0.05, 0.1) is 17.4 Å². The average Bonchev–Trinajstić information content (AvgIpc) is 3.18. The van der Waals surface area contributed by atoms with Gasteiger partial charge in [0.1, 0.15) is 5.82 Å². The number of rotatable bonds is 9. The zero-order valence-corrected chi connectivity index (χ0v) is 19.6. The van der Waals surface area contributed by atoms with Crippen LogP contribution in [0.15, 0.2) is 60.3 Å². The fourth-order valence-electron chi connectivity index (χ4n) is 3.20. The van der Waals surface area contributed by atoms with Crippen molar-refractivity contribution in [2.75, 3.05) is 11.1 Å². The first-order chi connectivity index (χ1) is 15.8. The van der Waals surface area contributed by atoms with Crippen LogP contribution in [-0.2, 0) is 11.3 Å². The molecule has 2 amide bonds. The predicted molar refractivity (Wildman–Crippen MR) is 128 cm³/mol. The Kier molecular flexibility index (Phi) is 8.00. The molecule has 0 aliphatic carbocycles. The van der Waals surface area contributed by atoms with Crippen LogP contribution in [0.1, 0.15) is 40.3 Å². The molecule has 0 saturated carbocycles. The number of anilines is 1. The lowest BCUT2D eigenvalue weighted by molar-refractivity contribution is -0.113. The first-order valence-corrected chi connectivity index (χ1v) is 11.4. The minimum absolute atomic E-state index is 0.0446. The summed E-state index contributed by atoms with van der Waals surface area (Å²) in [5.41, 5.74) is 2.77. The van der Waals surface area contributed by atoms with Crippen LogP contribution < -0.4 is 10.6 Å². The summed E-state index contributed by atoms with van der Waals surface area (Å²) in [6.07, 6.45) is 1.68. The van der Waals surface area contributed by atoms with Gasteiger partial charge in [-0.3, -0.25) is 9.59 Å². The Hall–Kier alpha value is -3.46. The van der Waals surface area contributed by atoms with Crippen LogP contribution in [0.4, 0.5) is 10.1 Å². The lowest BCUT2D eigenvalue weighted by Gasteiger charge is -2.15. The van der Waals surface area contributed by atoms with Crippen LogP contribution in [-0.4, -0.2) is 32.3 Å². The molecule has 1 aromatic heterocycles. The number of hydrogen-bond acceptors (Lipinski definition) is 5. The third-order valence-electron chi connectivity index (χ3n) is 4.91. The van der Waals surface area contributed by atoms with Gasteiger partial charge in [0, 0.05) is 12.2 Å². The van der Waals surface area contributed by atoms with E-state index in [4.69, 9.17) is 0 Å². The van der Waals surface area contributed by atoms with Gasteiger partial charge in [-0.15, -0.1) is 16.8 Å². The van der Waals surface area contributed by atoms with Gasteiger partial charge >= 0.3 is 0 Å². The van der Waals surface area contributed by atoms with Gasteiger partial charge in [-0.25, -0.2) is 4.39 Å². The first kappa shape index (κ1) is 24.2. The molecule has 0 bridgehead atoms. The van der Waals surface area contributed by atoms with Crippen molar-refractivity contribution >= 4 is 29.3 Å². The zero-order chi connectivity index (χ0) is 24.0. The molecule has 0 aliphatic heterocycles. The van der Waals surface area contributed by atoms with E-state index in [9.17, 15) is 14.0 Å². The van der Waals surface area contributed by atoms with E-state index in [1.807, 2.05) is 32.0 Å². The number of amides is 2. The van der Waals surface area contributed by atoms with Crippen LogP contribution >= 0.6 is 11.8 Å². The molecular weight excluding hydrogens is 441 g/mol. The SMILES string of the molecule is C=CCn1c(SCC(=O)Nc2cc(C)ccc2C)nnc1[C@@H](C)NC(=O)c1ccccc1F. The van der Waals surface area contributed by atoms with Crippen molar-refractivity contribution in [2.45, 2.75) is 38.5 Å². The van der Waals surface area contributed by atoms with Gasteiger partial charge in [0.25, 0.3) is 5.91 Å². The third kappa shape index (κ3) is 6.07. The summed E-state index contributed by atoms with van der Waals surface area (Å²) in [7, 11) is 0. The second-order valence-corrected chi connectivity index (χ2v) is 8.51. The standard InChI is InChI=1S/C24H26FN5O2S/c1-5-12-30-22(17(4)26-23(32)18-8-6-7-9-19(18)25)28-29-24(30)33-14-21(31)27-20-13-15(2)10-11-16(20)3/h5-11,13,17H,1,12,14H2,2-4H3,(H,26,32)(H,27,31)/t17-/m1/s1. The van der Waals surface area contributed by atoms with Crippen LogP contribution in [0, 0.1) is 19.7 Å². The monoisotopic (exact) mass is 467 g/mol. The summed E-state index contributed by atoms with van der Waals surface area (Å²) in [6, 6.07) is 11.1. The van der Waals surface area contributed by atoms with E-state index < -0.39 is 17.8 Å². The highest BCUT2D eigenvalue weighted by molar-refractivity contribution is 7.99. The van der Waals surface area contributed by atoms with Crippen molar-refractivity contribution in [1.82, 2.24) is 20.1 Å². The number of thioether (sulfide) groups is 1. The fraction of sp³-hybridized carbons (Fsp3) is 0.250. The van der Waals surface area contributed by atoms with E-state index in [1.165, 1.54) is 30.0 Å². The Balaban J connectivity index is 1.69. The molecular formula is C24H26FN5O2S. The number of nitrogens with one attached hydrogen (secondary N) is 2. The quantitative estimate of drug-likeness (QED) is 0.359. The van der Waals surface area contributed by atoms with Crippen LogP contribution in [0.5, 0.6) is 0 Å². The summed E-state index contributed by atoms with van der Waals surface area (Å²) in [5, 5.41) is 14.6. The molecule has 2 aromatic carbocycles. The number of allylic oxidation sites excluding steroid dienone is 1. The minimum Gasteiger partial charge on any atom is -0.342 e. The topological polar surface area (TPSA) is 88.9 Å². The number of aryl methyl sites for hydroxylation is 2. The zero-order valence-electron chi connectivity index (χ0n) is 18.8. The predicted octanol–water partition coefficient (Wildman–Crippen LogP) is 4.44. The number of carbonyl (C=O) groups is 2. The number of aromatic nitrogens is 3. The molecule has 7 nitrogen and oxygen atoms in total. The summed E-state index contributed by atoms with van der Waals surface area (Å²) >= 11 is 1.24. The van der Waals surface area contributed by atoms with E-state index >= 15 is 0 Å². The molecule has 1 atom stereocenters. The maximum absolute atomic E-state index is 13.9. The minimum atomic E-state index is -0.596. The molecule has 33 heavy (non-hydrogen) atoms. The molecule has 1 heterocycles. The molecule has 0 unspecified atom stereocenters. The van der Waals surface area contributed by atoms with Crippen molar-refractivity contribution < 1.29 is 14.0 Å². The molecule has 0 saturated heterocycles. The number of halogens is 1. The Labute approximate surface area is 196 Å². The maximum Gasteiger partial charge on any atom is 0.254 e. The normalized spacial score (nSPS) is 11.6. The Morgan fingerprint density at radius 3 is 2.70 bits per heavy atom. The summed E-state index contributed by atoms with van der Waals surface area (Å²) in [6.45, 7) is 9.80. The van der Waals surface area contributed by atoms with Crippen molar-refractivity contribution in [3.63, 3.8) is 0 Å². The number of nitrogens with zero attached hydrogens (tertiary/aromatic N) is 3. The summed E-state index contributed by atoms with van der Waals surface area (Å²) in [4.78, 5) is 25.0.